The molecule has 10 heteroatoms. The molecule has 122 valence electrons. The van der Waals surface area contributed by atoms with Crippen molar-refractivity contribution in [1.29, 1.82) is 0 Å². The Kier molecular flexibility index (Phi) is 6.66. The van der Waals surface area contributed by atoms with Crippen LogP contribution >= 0.6 is 22.7 Å². The number of nitro groups is 2. The van der Waals surface area contributed by atoms with Gasteiger partial charge < -0.3 is 0 Å². The molecule has 2 rings (SSSR count). The van der Waals surface area contributed by atoms with Gasteiger partial charge in [-0.05, 0) is 35.4 Å². The molecule has 0 aromatic carbocycles. The number of hydrogen-bond acceptors (Lipinski definition) is 7. The van der Waals surface area contributed by atoms with E-state index in [1.807, 2.05) is 0 Å². The molecule has 0 amide bonds. The molecular formula is C13H11FN2O5S2. The van der Waals surface area contributed by atoms with E-state index in [4.69, 9.17) is 0 Å². The normalized spacial score (nSPS) is 9.65. The average Bonchev–Trinajstić information content (AvgIpc) is 3.15. The van der Waals surface area contributed by atoms with Gasteiger partial charge in [0.15, 0.2) is 6.67 Å². The van der Waals surface area contributed by atoms with Crippen molar-refractivity contribution < 1.29 is 19.0 Å². The molecule has 0 radical (unpaired) electrons. The number of carbonyl (C=O) groups is 1. The Hall–Kier alpha value is -2.46. The number of thiophene rings is 2. The molecule has 0 unspecified atom stereocenters. The van der Waals surface area contributed by atoms with Crippen LogP contribution in [0.15, 0.2) is 29.5 Å². The van der Waals surface area contributed by atoms with Gasteiger partial charge in [-0.2, -0.15) is 0 Å². The fourth-order valence-corrected chi connectivity index (χ4v) is 3.01. The number of alkyl halides is 1. The molecule has 0 aliphatic carbocycles. The number of halogens is 1. The van der Waals surface area contributed by atoms with Crippen molar-refractivity contribution >= 4 is 44.0 Å². The lowest BCUT2D eigenvalue weighted by Gasteiger charge is -1.92. The van der Waals surface area contributed by atoms with Crippen molar-refractivity contribution in [1.82, 2.24) is 0 Å². The Labute approximate surface area is 138 Å². The van der Waals surface area contributed by atoms with Crippen LogP contribution in [0, 0.1) is 20.2 Å². The van der Waals surface area contributed by atoms with E-state index in [9.17, 15) is 29.4 Å². The molecule has 0 aliphatic heterocycles. The molecule has 0 N–H and O–H groups in total. The highest BCUT2D eigenvalue weighted by Gasteiger charge is 2.20. The second-order valence-corrected chi connectivity index (χ2v) is 5.92. The molecule has 2 heterocycles. The lowest BCUT2D eigenvalue weighted by molar-refractivity contribution is -0.380. The van der Waals surface area contributed by atoms with Crippen molar-refractivity contribution in [2.75, 3.05) is 6.67 Å². The summed E-state index contributed by atoms with van der Waals surface area (Å²) in [6.45, 7) is 4.20. The van der Waals surface area contributed by atoms with Gasteiger partial charge in [-0.15, -0.1) is 0 Å². The van der Waals surface area contributed by atoms with Gasteiger partial charge in [0.25, 0.3) is 0 Å². The van der Waals surface area contributed by atoms with Crippen LogP contribution < -0.4 is 0 Å². The maximum absolute atomic E-state index is 11.8. The number of ketones is 1. The Morgan fingerprint density at radius 3 is 1.91 bits per heavy atom. The predicted octanol–water partition coefficient (Wildman–Crippen LogP) is 4.50. The summed E-state index contributed by atoms with van der Waals surface area (Å²) in [4.78, 5) is 30.3. The van der Waals surface area contributed by atoms with E-state index in [2.05, 4.69) is 6.58 Å². The van der Waals surface area contributed by atoms with E-state index in [0.717, 1.165) is 28.2 Å². The van der Waals surface area contributed by atoms with Gasteiger partial charge in [0.2, 0.25) is 5.78 Å². The van der Waals surface area contributed by atoms with Crippen molar-refractivity contribution in [3.8, 4) is 0 Å². The SMILES string of the molecule is C=C(C)c1ccsc1[N+](=O)[O-].O=C(CF)c1ccsc1[N+](=O)[O-]. The minimum Gasteiger partial charge on any atom is -0.291 e. The minimum atomic E-state index is -1.20. The monoisotopic (exact) mass is 358 g/mol. The van der Waals surface area contributed by atoms with Crippen molar-refractivity contribution in [2.24, 2.45) is 0 Å². The quantitative estimate of drug-likeness (QED) is 0.445. The molecule has 2 aromatic rings. The van der Waals surface area contributed by atoms with Gasteiger partial charge in [-0.3, -0.25) is 25.0 Å². The first kappa shape index (κ1) is 18.6. The summed E-state index contributed by atoms with van der Waals surface area (Å²) in [5.74, 6) is -0.844. The largest absolute Gasteiger partial charge is 0.334 e. The van der Waals surface area contributed by atoms with Crippen molar-refractivity contribution in [3.63, 3.8) is 0 Å². The van der Waals surface area contributed by atoms with Gasteiger partial charge >= 0.3 is 10.0 Å². The molecule has 0 spiro atoms. The lowest BCUT2D eigenvalue weighted by atomic mass is 10.2. The molecule has 7 nitrogen and oxygen atoms in total. The highest BCUT2D eigenvalue weighted by Crippen LogP contribution is 2.30. The van der Waals surface area contributed by atoms with Crippen molar-refractivity contribution in [2.45, 2.75) is 6.92 Å². The molecule has 0 aliphatic rings. The summed E-state index contributed by atoms with van der Waals surface area (Å²) >= 11 is 1.94. The topological polar surface area (TPSA) is 103 Å². The van der Waals surface area contributed by atoms with Gasteiger partial charge in [-0.25, -0.2) is 4.39 Å². The average molecular weight is 358 g/mol. The zero-order chi connectivity index (χ0) is 17.6. The van der Waals surface area contributed by atoms with Crippen LogP contribution in [0.3, 0.4) is 0 Å². The summed E-state index contributed by atoms with van der Waals surface area (Å²) < 4.78 is 11.8. The third-order valence-corrected chi connectivity index (χ3v) is 4.23. The lowest BCUT2D eigenvalue weighted by Crippen LogP contribution is -2.02. The molecule has 0 bridgehead atoms. The molecule has 23 heavy (non-hydrogen) atoms. The molecule has 0 saturated carbocycles. The maximum Gasteiger partial charge on any atom is 0.334 e. The standard InChI is InChI=1S/C7H7NO2S.C6H4FNO3S/c1-5(2)6-3-4-11-7(6)8(9)10;7-3-5(9)4-1-2-12-6(4)8(10)11/h3-4H,1H2,2H3;1-2H,3H2. The van der Waals surface area contributed by atoms with E-state index in [1.54, 1.807) is 18.4 Å². The third-order valence-electron chi connectivity index (χ3n) is 2.50. The maximum atomic E-state index is 11.8. The van der Waals surface area contributed by atoms with Crippen LogP contribution in [-0.2, 0) is 0 Å². The summed E-state index contributed by atoms with van der Waals surface area (Å²) in [7, 11) is 0. The fraction of sp³-hybridized carbons (Fsp3) is 0.154. The first-order valence-corrected chi connectivity index (χ1v) is 7.74. The number of nitrogens with zero attached hydrogens (tertiary/aromatic N) is 2. The van der Waals surface area contributed by atoms with E-state index < -0.39 is 17.4 Å². The number of hydrogen-bond donors (Lipinski definition) is 0. The van der Waals surface area contributed by atoms with Crippen LogP contribution in [-0.4, -0.2) is 22.3 Å². The van der Waals surface area contributed by atoms with E-state index >= 15 is 0 Å². The predicted molar refractivity (Wildman–Crippen MR) is 87.0 cm³/mol. The Bertz CT molecular complexity index is 725. The molecule has 0 saturated heterocycles. The zero-order valence-corrected chi connectivity index (χ0v) is 13.5. The molecule has 2 aromatic heterocycles. The van der Waals surface area contributed by atoms with Crippen LogP contribution in [0.4, 0.5) is 14.4 Å². The Morgan fingerprint density at radius 1 is 1.13 bits per heavy atom. The van der Waals surface area contributed by atoms with Crippen LogP contribution in [0.25, 0.3) is 5.57 Å². The molecule has 0 fully saturated rings. The third kappa shape index (κ3) is 4.76. The fourth-order valence-electron chi connectivity index (χ4n) is 1.49. The van der Waals surface area contributed by atoms with Crippen LogP contribution in [0.5, 0.6) is 0 Å². The summed E-state index contributed by atoms with van der Waals surface area (Å²) in [5.41, 5.74) is 1.23. The van der Waals surface area contributed by atoms with E-state index in [0.29, 0.717) is 5.56 Å². The van der Waals surface area contributed by atoms with E-state index in [1.165, 1.54) is 11.4 Å². The van der Waals surface area contributed by atoms with Crippen LogP contribution in [0.1, 0.15) is 22.8 Å². The second-order valence-electron chi connectivity index (χ2n) is 4.13. The summed E-state index contributed by atoms with van der Waals surface area (Å²) in [5, 5.41) is 23.6. The van der Waals surface area contributed by atoms with E-state index in [-0.39, 0.29) is 20.5 Å². The second kappa shape index (κ2) is 8.25. The highest BCUT2D eigenvalue weighted by molar-refractivity contribution is 7.14. The Balaban J connectivity index is 0.000000231. The zero-order valence-electron chi connectivity index (χ0n) is 11.9. The first-order valence-electron chi connectivity index (χ1n) is 5.98. The highest BCUT2D eigenvalue weighted by atomic mass is 32.1. The smallest absolute Gasteiger partial charge is 0.291 e. The van der Waals surface area contributed by atoms with Gasteiger partial charge in [0.1, 0.15) is 5.56 Å². The molecule has 0 atom stereocenters. The van der Waals surface area contributed by atoms with Crippen molar-refractivity contribution in [3.05, 3.63) is 60.8 Å². The summed E-state index contributed by atoms with van der Waals surface area (Å²) in [6, 6.07) is 2.97. The number of Topliss-reactive ketones (excluding diaryl/α,β-unsaturated/α-hetero) is 1. The summed E-state index contributed by atoms with van der Waals surface area (Å²) in [6.07, 6.45) is 0. The van der Waals surface area contributed by atoms with Gasteiger partial charge in [0.05, 0.1) is 15.4 Å². The van der Waals surface area contributed by atoms with Gasteiger partial charge in [0, 0.05) is 0 Å². The first-order chi connectivity index (χ1) is 10.8. The number of allylic oxidation sites excluding steroid dienone is 1. The Morgan fingerprint density at radius 2 is 1.57 bits per heavy atom. The van der Waals surface area contributed by atoms with Gasteiger partial charge in [-0.1, -0.05) is 29.3 Å². The minimum absolute atomic E-state index is 0.146. The molecular weight excluding hydrogens is 347 g/mol. The number of rotatable bonds is 5. The number of carbonyl (C=O) groups excluding carboxylic acids is 1. The van der Waals surface area contributed by atoms with Crippen LogP contribution in [0.2, 0.25) is 0 Å².